The Morgan fingerprint density at radius 2 is 2.31 bits per heavy atom. The fraction of sp³-hybridized carbons (Fsp3) is 0.333. The molecule has 2 aromatic heterocycles. The van der Waals surface area contributed by atoms with Gasteiger partial charge >= 0.3 is 0 Å². The van der Waals surface area contributed by atoms with Crippen LogP contribution in [0.15, 0.2) is 36.9 Å². The lowest BCUT2D eigenvalue weighted by Crippen LogP contribution is -2.24. The molecule has 4 nitrogen and oxygen atoms in total. The van der Waals surface area contributed by atoms with Crippen LogP contribution in [-0.2, 0) is 7.05 Å². The van der Waals surface area contributed by atoms with Crippen molar-refractivity contribution < 1.29 is 0 Å². The van der Waals surface area contributed by atoms with Crippen molar-refractivity contribution >= 4 is 0 Å². The number of rotatable bonds is 4. The van der Waals surface area contributed by atoms with Crippen molar-refractivity contribution in [2.24, 2.45) is 7.05 Å². The molecule has 2 aromatic rings. The number of hydrogen-bond acceptors (Lipinski definition) is 3. The highest BCUT2D eigenvalue weighted by atomic mass is 15.1. The first kappa shape index (κ1) is 10.8. The number of aromatic nitrogens is 3. The van der Waals surface area contributed by atoms with E-state index in [0.717, 1.165) is 17.9 Å². The van der Waals surface area contributed by atoms with Crippen LogP contribution in [0.4, 0.5) is 0 Å². The quantitative estimate of drug-likeness (QED) is 0.842. The molecule has 2 heterocycles. The first-order chi connectivity index (χ1) is 7.83. The predicted octanol–water partition coefficient (Wildman–Crippen LogP) is 1.51. The minimum absolute atomic E-state index is 0.110. The molecule has 1 N–H and O–H groups in total. The summed E-state index contributed by atoms with van der Waals surface area (Å²) in [5.74, 6) is 1.01. The topological polar surface area (TPSA) is 42.7 Å². The summed E-state index contributed by atoms with van der Waals surface area (Å²) in [6.45, 7) is 2.98. The molecular weight excluding hydrogens is 200 g/mol. The van der Waals surface area contributed by atoms with Gasteiger partial charge in [-0.05, 0) is 18.2 Å². The van der Waals surface area contributed by atoms with Gasteiger partial charge in [0.2, 0.25) is 0 Å². The fourth-order valence-electron chi connectivity index (χ4n) is 1.76. The van der Waals surface area contributed by atoms with Crippen LogP contribution >= 0.6 is 0 Å². The first-order valence-electron chi connectivity index (χ1n) is 5.43. The van der Waals surface area contributed by atoms with Gasteiger partial charge in [-0.15, -0.1) is 0 Å². The van der Waals surface area contributed by atoms with Crippen LogP contribution in [0.3, 0.4) is 0 Å². The second kappa shape index (κ2) is 4.90. The number of imidazole rings is 1. The van der Waals surface area contributed by atoms with Crippen LogP contribution in [-0.4, -0.2) is 21.1 Å². The van der Waals surface area contributed by atoms with E-state index in [9.17, 15) is 0 Å². The van der Waals surface area contributed by atoms with Crippen LogP contribution in [0, 0.1) is 0 Å². The van der Waals surface area contributed by atoms with Gasteiger partial charge in [-0.25, -0.2) is 4.98 Å². The highest BCUT2D eigenvalue weighted by molar-refractivity contribution is 5.21. The van der Waals surface area contributed by atoms with Gasteiger partial charge in [0.05, 0.1) is 6.04 Å². The molecular formula is C12H16N4. The highest BCUT2D eigenvalue weighted by Crippen LogP contribution is 2.18. The molecule has 0 aliphatic carbocycles. The van der Waals surface area contributed by atoms with Gasteiger partial charge in [0.25, 0.3) is 0 Å². The van der Waals surface area contributed by atoms with Gasteiger partial charge in [-0.2, -0.15) is 0 Å². The SMILES string of the molecule is CCN[C@H](c1cccnc1)c1nccn1C. The summed E-state index contributed by atoms with van der Waals surface area (Å²) in [7, 11) is 2.00. The molecule has 0 saturated carbocycles. The second-order valence-corrected chi connectivity index (χ2v) is 3.67. The third-order valence-electron chi connectivity index (χ3n) is 2.54. The Labute approximate surface area is 95.4 Å². The van der Waals surface area contributed by atoms with E-state index in [1.54, 1.807) is 6.20 Å². The van der Waals surface area contributed by atoms with Crippen LogP contribution in [0.1, 0.15) is 24.4 Å². The summed E-state index contributed by atoms with van der Waals surface area (Å²) in [5.41, 5.74) is 1.14. The summed E-state index contributed by atoms with van der Waals surface area (Å²) >= 11 is 0. The molecule has 0 fully saturated rings. The van der Waals surface area contributed by atoms with Crippen LogP contribution in [0.5, 0.6) is 0 Å². The van der Waals surface area contributed by atoms with E-state index in [4.69, 9.17) is 0 Å². The molecule has 0 aliphatic heterocycles. The van der Waals surface area contributed by atoms with Gasteiger partial charge in [-0.1, -0.05) is 13.0 Å². The third-order valence-corrected chi connectivity index (χ3v) is 2.54. The minimum atomic E-state index is 0.110. The van der Waals surface area contributed by atoms with Crippen LogP contribution in [0.2, 0.25) is 0 Å². The van der Waals surface area contributed by atoms with Crippen molar-refractivity contribution in [3.05, 3.63) is 48.3 Å². The fourth-order valence-corrected chi connectivity index (χ4v) is 1.76. The van der Waals surface area contributed by atoms with Crippen LogP contribution < -0.4 is 5.32 Å². The maximum atomic E-state index is 4.38. The zero-order valence-electron chi connectivity index (χ0n) is 9.59. The van der Waals surface area contributed by atoms with Crippen LogP contribution in [0.25, 0.3) is 0 Å². The molecule has 4 heteroatoms. The monoisotopic (exact) mass is 216 g/mol. The predicted molar refractivity (Wildman–Crippen MR) is 63.0 cm³/mol. The number of nitrogens with zero attached hydrogens (tertiary/aromatic N) is 3. The lowest BCUT2D eigenvalue weighted by molar-refractivity contribution is 0.575. The summed E-state index contributed by atoms with van der Waals surface area (Å²) < 4.78 is 2.03. The molecule has 0 saturated heterocycles. The Kier molecular flexibility index (Phi) is 3.31. The normalized spacial score (nSPS) is 12.6. The lowest BCUT2D eigenvalue weighted by atomic mass is 10.1. The molecule has 1 atom stereocenters. The Bertz CT molecular complexity index is 435. The zero-order chi connectivity index (χ0) is 11.4. The number of aryl methyl sites for hydroxylation is 1. The van der Waals surface area contributed by atoms with Gasteiger partial charge < -0.3 is 9.88 Å². The van der Waals surface area contributed by atoms with Gasteiger partial charge in [0.15, 0.2) is 0 Å². The molecule has 0 bridgehead atoms. The summed E-state index contributed by atoms with van der Waals surface area (Å²) in [5, 5.41) is 3.42. The first-order valence-corrected chi connectivity index (χ1v) is 5.43. The van der Waals surface area contributed by atoms with Crippen molar-refractivity contribution in [2.45, 2.75) is 13.0 Å². The van der Waals surface area contributed by atoms with E-state index < -0.39 is 0 Å². The third kappa shape index (κ3) is 2.12. The van der Waals surface area contributed by atoms with E-state index in [1.165, 1.54) is 0 Å². The molecule has 16 heavy (non-hydrogen) atoms. The summed E-state index contributed by atoms with van der Waals surface area (Å²) in [6.07, 6.45) is 7.43. The average molecular weight is 216 g/mol. The lowest BCUT2D eigenvalue weighted by Gasteiger charge is -2.17. The Morgan fingerprint density at radius 3 is 2.88 bits per heavy atom. The zero-order valence-corrected chi connectivity index (χ0v) is 9.59. The van der Waals surface area contributed by atoms with Crippen molar-refractivity contribution in [1.82, 2.24) is 19.9 Å². The van der Waals surface area contributed by atoms with E-state index in [2.05, 4.69) is 28.3 Å². The smallest absolute Gasteiger partial charge is 0.130 e. The molecule has 0 spiro atoms. The highest BCUT2D eigenvalue weighted by Gasteiger charge is 2.16. The van der Waals surface area contributed by atoms with Crippen molar-refractivity contribution in [2.75, 3.05) is 6.54 Å². The number of nitrogens with one attached hydrogen (secondary N) is 1. The maximum absolute atomic E-state index is 4.38. The van der Waals surface area contributed by atoms with E-state index in [0.29, 0.717) is 0 Å². The van der Waals surface area contributed by atoms with Gasteiger partial charge in [-0.3, -0.25) is 4.98 Å². The minimum Gasteiger partial charge on any atom is -0.336 e. The molecule has 0 aliphatic rings. The number of pyridine rings is 1. The summed E-state index contributed by atoms with van der Waals surface area (Å²) in [4.78, 5) is 8.53. The summed E-state index contributed by atoms with van der Waals surface area (Å²) in [6, 6.07) is 4.12. The Hall–Kier alpha value is -1.68. The average Bonchev–Trinajstić information content (AvgIpc) is 2.73. The molecule has 0 radical (unpaired) electrons. The Balaban J connectivity index is 2.35. The molecule has 0 amide bonds. The van der Waals surface area contributed by atoms with E-state index in [1.807, 2.05) is 36.3 Å². The largest absolute Gasteiger partial charge is 0.336 e. The van der Waals surface area contributed by atoms with E-state index in [-0.39, 0.29) is 6.04 Å². The van der Waals surface area contributed by atoms with Crippen molar-refractivity contribution in [1.29, 1.82) is 0 Å². The van der Waals surface area contributed by atoms with Crippen molar-refractivity contribution in [3.63, 3.8) is 0 Å². The molecule has 0 aromatic carbocycles. The van der Waals surface area contributed by atoms with E-state index >= 15 is 0 Å². The second-order valence-electron chi connectivity index (χ2n) is 3.67. The Morgan fingerprint density at radius 1 is 1.44 bits per heavy atom. The van der Waals surface area contributed by atoms with Gasteiger partial charge in [0.1, 0.15) is 5.82 Å². The molecule has 2 rings (SSSR count). The number of hydrogen-bond donors (Lipinski definition) is 1. The van der Waals surface area contributed by atoms with Crippen molar-refractivity contribution in [3.8, 4) is 0 Å². The molecule has 0 unspecified atom stereocenters. The van der Waals surface area contributed by atoms with Gasteiger partial charge in [0, 0.05) is 31.8 Å². The standard InChI is InChI=1S/C12H16N4/c1-3-14-11(10-5-4-6-13-9-10)12-15-7-8-16(12)2/h4-9,11,14H,3H2,1-2H3/t11-/m1/s1. The molecule has 84 valence electrons. The maximum Gasteiger partial charge on any atom is 0.130 e.